The third-order valence-corrected chi connectivity index (χ3v) is 6.35. The summed E-state index contributed by atoms with van der Waals surface area (Å²) in [4.78, 5) is 0.394. The minimum atomic E-state index is -3.38. The summed E-state index contributed by atoms with van der Waals surface area (Å²) < 4.78 is 32.9. The maximum Gasteiger partial charge on any atom is 0.243 e. The highest BCUT2D eigenvalue weighted by Crippen LogP contribution is 2.42. The van der Waals surface area contributed by atoms with Gasteiger partial charge >= 0.3 is 0 Å². The molecule has 2 fully saturated rings. The van der Waals surface area contributed by atoms with Crippen LogP contribution in [-0.4, -0.2) is 38.0 Å². The van der Waals surface area contributed by atoms with E-state index in [1.54, 1.807) is 16.4 Å². The van der Waals surface area contributed by atoms with Crippen molar-refractivity contribution in [1.82, 2.24) is 4.31 Å². The lowest BCUT2D eigenvalue weighted by molar-refractivity contribution is 0.0425. The van der Waals surface area contributed by atoms with Gasteiger partial charge in [-0.3, -0.25) is 0 Å². The van der Waals surface area contributed by atoms with Crippen molar-refractivity contribution in [2.45, 2.75) is 43.7 Å². The third-order valence-electron chi connectivity index (χ3n) is 4.45. The first-order chi connectivity index (χ1) is 9.54. The van der Waals surface area contributed by atoms with Gasteiger partial charge in [0, 0.05) is 19.1 Å². The van der Waals surface area contributed by atoms with Crippen LogP contribution in [0.5, 0.6) is 0 Å². The molecular weight excluding hydrogens is 274 g/mol. The summed E-state index contributed by atoms with van der Waals surface area (Å²) in [5, 5.41) is 0. The first-order valence-corrected chi connectivity index (χ1v) is 8.68. The lowest BCUT2D eigenvalue weighted by atomic mass is 10.1. The Balaban J connectivity index is 1.88. The van der Waals surface area contributed by atoms with Gasteiger partial charge in [0.25, 0.3) is 0 Å². The summed E-state index contributed by atoms with van der Waals surface area (Å²) in [5.74, 6) is 0.361. The Morgan fingerprint density at radius 2 is 1.95 bits per heavy atom. The molecule has 0 N–H and O–H groups in total. The predicted octanol–water partition coefficient (Wildman–Crippen LogP) is 2.18. The lowest BCUT2D eigenvalue weighted by Crippen LogP contribution is -2.39. The van der Waals surface area contributed by atoms with E-state index in [9.17, 15) is 8.42 Å². The first kappa shape index (κ1) is 14.0. The fraction of sp³-hybridized carbons (Fsp3) is 0.600. The van der Waals surface area contributed by atoms with Crippen LogP contribution in [0, 0.1) is 12.8 Å². The molecule has 2 aliphatic rings. The van der Waals surface area contributed by atoms with Gasteiger partial charge in [0.05, 0.1) is 17.0 Å². The van der Waals surface area contributed by atoms with Gasteiger partial charge in [-0.1, -0.05) is 17.7 Å². The monoisotopic (exact) mass is 295 g/mol. The van der Waals surface area contributed by atoms with Crippen molar-refractivity contribution in [1.29, 1.82) is 0 Å². The molecule has 0 radical (unpaired) electrons. The Bertz CT molecular complexity index is 582. The van der Waals surface area contributed by atoms with Crippen LogP contribution in [0.2, 0.25) is 0 Å². The Labute approximate surface area is 120 Å². The number of benzene rings is 1. The Hall–Kier alpha value is -0.910. The summed E-state index contributed by atoms with van der Waals surface area (Å²) in [7, 11) is -3.38. The highest BCUT2D eigenvalue weighted by atomic mass is 32.2. The molecular formula is C15H21NO3S. The number of sulfonamides is 1. The van der Waals surface area contributed by atoms with Crippen LogP contribution in [0.25, 0.3) is 0 Å². The number of nitrogens with zero attached hydrogens (tertiary/aromatic N) is 1. The molecule has 1 heterocycles. The van der Waals surface area contributed by atoms with Crippen LogP contribution in [0.1, 0.15) is 25.3 Å². The summed E-state index contributed by atoms with van der Waals surface area (Å²) in [6.07, 6.45) is 2.08. The second-order valence-electron chi connectivity index (χ2n) is 5.71. The predicted molar refractivity (Wildman–Crippen MR) is 77.0 cm³/mol. The first-order valence-electron chi connectivity index (χ1n) is 7.24. The zero-order valence-electron chi connectivity index (χ0n) is 12.0. The molecule has 2 bridgehead atoms. The number of ether oxygens (including phenoxy) is 1. The van der Waals surface area contributed by atoms with Gasteiger partial charge < -0.3 is 4.74 Å². The molecule has 20 heavy (non-hydrogen) atoms. The molecule has 110 valence electrons. The largest absolute Gasteiger partial charge is 0.376 e. The van der Waals surface area contributed by atoms with Crippen molar-refractivity contribution in [2.24, 2.45) is 5.92 Å². The Morgan fingerprint density at radius 3 is 2.60 bits per heavy atom. The fourth-order valence-electron chi connectivity index (χ4n) is 3.46. The molecule has 3 atom stereocenters. The molecule has 1 aromatic carbocycles. The number of hydrogen-bond acceptors (Lipinski definition) is 3. The molecule has 3 rings (SSSR count). The van der Waals surface area contributed by atoms with E-state index in [1.807, 2.05) is 26.0 Å². The molecule has 0 amide bonds. The van der Waals surface area contributed by atoms with E-state index >= 15 is 0 Å². The number of rotatable bonds is 4. The Morgan fingerprint density at radius 1 is 1.25 bits per heavy atom. The van der Waals surface area contributed by atoms with Crippen LogP contribution in [0.15, 0.2) is 29.2 Å². The van der Waals surface area contributed by atoms with Gasteiger partial charge in [0.15, 0.2) is 0 Å². The van der Waals surface area contributed by atoms with E-state index in [0.717, 1.165) is 18.4 Å². The van der Waals surface area contributed by atoms with E-state index in [-0.39, 0.29) is 12.1 Å². The number of aryl methyl sites for hydroxylation is 1. The van der Waals surface area contributed by atoms with Crippen LogP contribution < -0.4 is 0 Å². The molecule has 5 heteroatoms. The van der Waals surface area contributed by atoms with Crippen molar-refractivity contribution in [3.05, 3.63) is 29.8 Å². The van der Waals surface area contributed by atoms with Crippen molar-refractivity contribution >= 4 is 10.0 Å². The quantitative estimate of drug-likeness (QED) is 0.855. The van der Waals surface area contributed by atoms with E-state index in [0.29, 0.717) is 24.0 Å². The highest BCUT2D eigenvalue weighted by Gasteiger charge is 2.51. The average Bonchev–Trinajstić information content (AvgIpc) is 2.97. The van der Waals surface area contributed by atoms with Crippen LogP contribution in [-0.2, 0) is 14.8 Å². The zero-order chi connectivity index (χ0) is 14.3. The maximum absolute atomic E-state index is 12.8. The number of hydrogen-bond donors (Lipinski definition) is 0. The maximum atomic E-state index is 12.8. The second-order valence-corrected chi connectivity index (χ2v) is 7.60. The molecule has 1 aliphatic carbocycles. The molecule has 4 nitrogen and oxygen atoms in total. The van der Waals surface area contributed by atoms with Crippen LogP contribution in [0.4, 0.5) is 0 Å². The average molecular weight is 295 g/mol. The SMILES string of the molecule is CCO[C@H]1[C@H]2CC[C@H]1N(S(=O)(=O)c1ccc(C)cc1)C2. The molecule has 1 saturated carbocycles. The summed E-state index contributed by atoms with van der Waals surface area (Å²) in [6.45, 7) is 5.18. The topological polar surface area (TPSA) is 46.6 Å². The van der Waals surface area contributed by atoms with Gasteiger partial charge in [0.1, 0.15) is 0 Å². The molecule has 1 saturated heterocycles. The minimum absolute atomic E-state index is 0.0197. The van der Waals surface area contributed by atoms with Gasteiger partial charge in [-0.2, -0.15) is 4.31 Å². The lowest BCUT2D eigenvalue weighted by Gasteiger charge is -2.26. The normalized spacial score (nSPS) is 30.0. The van der Waals surface area contributed by atoms with Crippen LogP contribution >= 0.6 is 0 Å². The highest BCUT2D eigenvalue weighted by molar-refractivity contribution is 7.89. The van der Waals surface area contributed by atoms with E-state index in [4.69, 9.17) is 4.74 Å². The molecule has 1 aromatic rings. The summed E-state index contributed by atoms with van der Waals surface area (Å²) in [5.41, 5.74) is 1.07. The second kappa shape index (κ2) is 5.13. The van der Waals surface area contributed by atoms with Gasteiger partial charge in [0.2, 0.25) is 10.0 Å². The molecule has 1 aliphatic heterocycles. The van der Waals surface area contributed by atoms with Gasteiger partial charge in [-0.15, -0.1) is 0 Å². The standard InChI is InChI=1S/C15H21NO3S/c1-3-19-15-12-6-9-14(15)16(10-12)20(17,18)13-7-4-11(2)5-8-13/h4-5,7-8,12,14-15H,3,6,9-10H2,1-2H3/t12-,14+,15-/m0/s1. The van der Waals surface area contributed by atoms with Crippen molar-refractivity contribution in [3.8, 4) is 0 Å². The minimum Gasteiger partial charge on any atom is -0.376 e. The molecule has 0 spiro atoms. The van der Waals surface area contributed by atoms with E-state index < -0.39 is 10.0 Å². The smallest absolute Gasteiger partial charge is 0.243 e. The van der Waals surface area contributed by atoms with Crippen LogP contribution in [0.3, 0.4) is 0 Å². The number of piperidine rings is 1. The van der Waals surface area contributed by atoms with Crippen molar-refractivity contribution in [3.63, 3.8) is 0 Å². The van der Waals surface area contributed by atoms with E-state index in [1.165, 1.54) is 0 Å². The summed E-state index contributed by atoms with van der Waals surface area (Å²) >= 11 is 0. The summed E-state index contributed by atoms with van der Waals surface area (Å²) in [6, 6.07) is 7.12. The molecule has 0 aromatic heterocycles. The zero-order valence-corrected chi connectivity index (χ0v) is 12.8. The van der Waals surface area contributed by atoms with Gasteiger partial charge in [-0.05, 0) is 38.8 Å². The van der Waals surface area contributed by atoms with Crippen molar-refractivity contribution < 1.29 is 13.2 Å². The van der Waals surface area contributed by atoms with Crippen molar-refractivity contribution in [2.75, 3.05) is 13.2 Å². The Kier molecular flexibility index (Phi) is 3.60. The van der Waals surface area contributed by atoms with E-state index in [2.05, 4.69) is 0 Å². The third kappa shape index (κ3) is 2.18. The fourth-order valence-corrected chi connectivity index (χ4v) is 5.18. The number of fused-ring (bicyclic) bond motifs is 2. The molecule has 0 unspecified atom stereocenters. The van der Waals surface area contributed by atoms with Gasteiger partial charge in [-0.25, -0.2) is 8.42 Å².